The van der Waals surface area contributed by atoms with E-state index < -0.39 is 11.9 Å². The van der Waals surface area contributed by atoms with Gasteiger partial charge in [-0.05, 0) is 25.0 Å². The molecule has 6 rings (SSSR count). The minimum absolute atomic E-state index is 0.228. The zero-order chi connectivity index (χ0) is 21.8. The zero-order valence-electron chi connectivity index (χ0n) is 17.5. The molecule has 10 nitrogen and oxygen atoms in total. The van der Waals surface area contributed by atoms with Gasteiger partial charge in [-0.25, -0.2) is 19.3 Å². The van der Waals surface area contributed by atoms with Crippen molar-refractivity contribution in [2.75, 3.05) is 37.0 Å². The predicted molar refractivity (Wildman–Crippen MR) is 117 cm³/mol. The fraction of sp³-hybridized carbons (Fsp3) is 0.429. The second kappa shape index (κ2) is 7.38. The molecule has 32 heavy (non-hydrogen) atoms. The monoisotopic (exact) mass is 438 g/mol. The van der Waals surface area contributed by atoms with Crippen molar-refractivity contribution in [2.45, 2.75) is 31.5 Å². The summed E-state index contributed by atoms with van der Waals surface area (Å²) >= 11 is 0. The summed E-state index contributed by atoms with van der Waals surface area (Å²) in [7, 11) is 1.97. The molecule has 3 N–H and O–H groups in total. The molecule has 2 atom stereocenters. The molecule has 1 fully saturated rings. The van der Waals surface area contributed by atoms with Crippen molar-refractivity contribution in [3.8, 4) is 11.3 Å². The van der Waals surface area contributed by atoms with Gasteiger partial charge in [0, 0.05) is 32.3 Å². The van der Waals surface area contributed by atoms with Crippen LogP contribution in [0.5, 0.6) is 0 Å². The maximum atomic E-state index is 15.2. The van der Waals surface area contributed by atoms with E-state index in [1.807, 2.05) is 22.6 Å². The van der Waals surface area contributed by atoms with E-state index in [2.05, 4.69) is 30.2 Å². The number of aryl methyl sites for hydroxylation is 1. The Morgan fingerprint density at radius 2 is 2.12 bits per heavy atom. The summed E-state index contributed by atoms with van der Waals surface area (Å²) in [5, 5.41) is 13.4. The molecule has 5 heterocycles. The van der Waals surface area contributed by atoms with Crippen LogP contribution in [0.3, 0.4) is 0 Å². The van der Waals surface area contributed by atoms with Gasteiger partial charge in [0.15, 0.2) is 11.5 Å². The van der Waals surface area contributed by atoms with E-state index in [9.17, 15) is 5.11 Å². The van der Waals surface area contributed by atoms with Gasteiger partial charge in [0.1, 0.15) is 16.7 Å². The third kappa shape index (κ3) is 3.07. The largest absolute Gasteiger partial charge is 0.389 e. The Balaban J connectivity index is 1.48. The minimum atomic E-state index is -0.655. The summed E-state index contributed by atoms with van der Waals surface area (Å²) in [6.07, 6.45) is 2.49. The zero-order valence-corrected chi connectivity index (χ0v) is 17.5. The van der Waals surface area contributed by atoms with Crippen LogP contribution in [0.1, 0.15) is 12.8 Å². The quantitative estimate of drug-likeness (QED) is 0.444. The highest BCUT2D eigenvalue weighted by molar-refractivity contribution is 5.92. The number of aromatic nitrogens is 6. The Kier molecular flexibility index (Phi) is 4.47. The van der Waals surface area contributed by atoms with Crippen molar-refractivity contribution in [3.63, 3.8) is 0 Å². The maximum absolute atomic E-state index is 15.2. The molecule has 3 aromatic heterocycles. The van der Waals surface area contributed by atoms with Crippen molar-refractivity contribution < 1.29 is 14.2 Å². The fourth-order valence-corrected chi connectivity index (χ4v) is 4.54. The molecule has 0 amide bonds. The molecule has 11 heteroatoms. The molecular formula is C21H23FN8O2. The van der Waals surface area contributed by atoms with E-state index in [1.165, 1.54) is 6.07 Å². The predicted octanol–water partition coefficient (Wildman–Crippen LogP) is 1.91. The number of hydrogen-bond acceptors (Lipinski definition) is 8. The maximum Gasteiger partial charge on any atom is 0.225 e. The van der Waals surface area contributed by atoms with Crippen molar-refractivity contribution in [1.29, 1.82) is 0 Å². The fourth-order valence-electron chi connectivity index (χ4n) is 4.54. The number of nitrogens with one attached hydrogen (secondary N) is 2. The van der Waals surface area contributed by atoms with Crippen LogP contribution in [-0.4, -0.2) is 73.5 Å². The average molecular weight is 438 g/mol. The number of aliphatic hydroxyl groups excluding tert-OH is 1. The van der Waals surface area contributed by atoms with Crippen molar-refractivity contribution >= 4 is 34.1 Å². The number of imidazole rings is 2. The lowest BCUT2D eigenvalue weighted by Crippen LogP contribution is -2.42. The van der Waals surface area contributed by atoms with Gasteiger partial charge in [-0.2, -0.15) is 4.98 Å². The van der Waals surface area contributed by atoms with Gasteiger partial charge in [-0.1, -0.05) is 0 Å². The van der Waals surface area contributed by atoms with Gasteiger partial charge in [-0.15, -0.1) is 0 Å². The molecule has 0 unspecified atom stereocenters. The van der Waals surface area contributed by atoms with Crippen molar-refractivity contribution in [1.82, 2.24) is 29.5 Å². The number of rotatable bonds is 3. The Bertz CT molecular complexity index is 1320. The van der Waals surface area contributed by atoms with Gasteiger partial charge in [0.25, 0.3) is 0 Å². The molecule has 0 saturated carbocycles. The molecule has 2 aliphatic heterocycles. The van der Waals surface area contributed by atoms with Crippen LogP contribution in [0.2, 0.25) is 0 Å². The molecule has 0 spiro atoms. The number of hydrogen-bond donors (Lipinski definition) is 3. The Morgan fingerprint density at radius 1 is 1.22 bits per heavy atom. The molecule has 2 aliphatic rings. The number of benzene rings is 1. The number of ether oxygens (including phenoxy) is 1. The van der Waals surface area contributed by atoms with Crippen LogP contribution >= 0.6 is 0 Å². The van der Waals surface area contributed by atoms with E-state index in [1.54, 1.807) is 6.33 Å². The number of aromatic amines is 1. The Labute approximate surface area is 182 Å². The lowest BCUT2D eigenvalue weighted by atomic mass is 10.1. The first-order chi connectivity index (χ1) is 15.6. The lowest BCUT2D eigenvalue weighted by Gasteiger charge is -2.28. The summed E-state index contributed by atoms with van der Waals surface area (Å²) in [4.78, 5) is 23.1. The summed E-state index contributed by atoms with van der Waals surface area (Å²) in [6, 6.07) is 3.14. The van der Waals surface area contributed by atoms with Gasteiger partial charge in [0.2, 0.25) is 11.9 Å². The Hall–Kier alpha value is -3.31. The molecule has 0 radical (unpaired) electrons. The highest BCUT2D eigenvalue weighted by Gasteiger charge is 2.26. The van der Waals surface area contributed by atoms with E-state index in [-0.39, 0.29) is 12.6 Å². The van der Waals surface area contributed by atoms with Crippen LogP contribution in [0, 0.1) is 5.82 Å². The van der Waals surface area contributed by atoms with Crippen LogP contribution in [0.4, 0.5) is 16.3 Å². The topological polar surface area (TPSA) is 117 Å². The first kappa shape index (κ1) is 19.4. The molecule has 0 aliphatic carbocycles. The highest BCUT2D eigenvalue weighted by atomic mass is 19.1. The normalized spacial score (nSPS) is 21.3. The smallest absolute Gasteiger partial charge is 0.225 e. The second-order valence-corrected chi connectivity index (χ2v) is 8.34. The third-order valence-electron chi connectivity index (χ3n) is 6.20. The van der Waals surface area contributed by atoms with Crippen LogP contribution in [-0.2, 0) is 11.3 Å². The number of fused-ring (bicyclic) bond motifs is 4. The van der Waals surface area contributed by atoms with Gasteiger partial charge in [0.05, 0.1) is 30.6 Å². The van der Waals surface area contributed by atoms with Gasteiger partial charge >= 0.3 is 0 Å². The first-order valence-corrected chi connectivity index (χ1v) is 10.7. The average Bonchev–Trinajstić information content (AvgIpc) is 3.41. The van der Waals surface area contributed by atoms with E-state index in [0.29, 0.717) is 46.9 Å². The van der Waals surface area contributed by atoms with Crippen LogP contribution in [0.15, 0.2) is 18.5 Å². The van der Waals surface area contributed by atoms with Crippen molar-refractivity contribution in [2.24, 2.45) is 0 Å². The summed E-state index contributed by atoms with van der Waals surface area (Å²) in [5.74, 6) is 0.716. The lowest BCUT2D eigenvalue weighted by molar-refractivity contribution is -0.0136. The van der Waals surface area contributed by atoms with Crippen LogP contribution in [0.25, 0.3) is 33.5 Å². The second-order valence-electron chi connectivity index (χ2n) is 8.34. The molecule has 166 valence electrons. The number of nitrogens with zero attached hydrogens (tertiary/aromatic N) is 6. The summed E-state index contributed by atoms with van der Waals surface area (Å²) in [6.45, 7) is 2.50. The number of halogens is 1. The minimum Gasteiger partial charge on any atom is -0.389 e. The van der Waals surface area contributed by atoms with Crippen LogP contribution < -0.4 is 10.2 Å². The van der Waals surface area contributed by atoms with E-state index in [0.717, 1.165) is 31.0 Å². The number of aliphatic hydroxyl groups is 1. The number of anilines is 2. The molecule has 1 saturated heterocycles. The standard InChI is InChI=1S/C21H23FN8O2/c1-29-4-2-5-30-14-8-11(7-12(22)17(14)27-21(29)30)16-18-19(24-10-23-18)28-20(26-16)25-13-3-6-32-9-15(13)31/h7-8,10,13,15,31H,2-6,9H2,1H3,(H2,23,24,25,26,28)/t13-,15-/m1/s1. The number of H-pyrrole nitrogens is 1. The van der Waals surface area contributed by atoms with E-state index in [4.69, 9.17) is 4.74 Å². The third-order valence-corrected chi connectivity index (χ3v) is 6.20. The van der Waals surface area contributed by atoms with E-state index >= 15 is 4.39 Å². The van der Waals surface area contributed by atoms with Crippen molar-refractivity contribution in [3.05, 3.63) is 24.3 Å². The Morgan fingerprint density at radius 3 is 3.00 bits per heavy atom. The summed E-state index contributed by atoms with van der Waals surface area (Å²) in [5.41, 5.74) is 3.29. The molecule has 0 bridgehead atoms. The SMILES string of the molecule is CN1CCCn2c1nc1c(F)cc(-c3nc(N[C@@H]4CCOC[C@H]4O)nc4[nH]cnc34)cc12. The molecule has 4 aromatic rings. The van der Waals surface area contributed by atoms with Gasteiger partial charge < -0.3 is 29.6 Å². The highest BCUT2D eigenvalue weighted by Crippen LogP contribution is 2.33. The summed E-state index contributed by atoms with van der Waals surface area (Å²) < 4.78 is 22.5. The first-order valence-electron chi connectivity index (χ1n) is 10.7. The molecular weight excluding hydrogens is 415 g/mol. The van der Waals surface area contributed by atoms with Gasteiger partial charge in [-0.3, -0.25) is 0 Å². The molecule has 1 aromatic carbocycles.